The van der Waals surface area contributed by atoms with Crippen LogP contribution in [0, 0.1) is 15.4 Å². The van der Waals surface area contributed by atoms with Crippen LogP contribution in [0.4, 0.5) is 5.69 Å². The van der Waals surface area contributed by atoms with E-state index in [0.717, 1.165) is 16.4 Å². The fourth-order valence-corrected chi connectivity index (χ4v) is 3.46. The number of allylic oxidation sites excluding steroid dienone is 2. The second-order valence-electron chi connectivity index (χ2n) is 5.67. The largest absolute Gasteiger partial charge is 0.274 e. The number of imide groups is 1. The summed E-state index contributed by atoms with van der Waals surface area (Å²) in [6.07, 6.45) is 1.45. The lowest BCUT2D eigenvalue weighted by Crippen LogP contribution is -2.30. The molecule has 1 fully saturated rings. The van der Waals surface area contributed by atoms with Gasteiger partial charge >= 0.3 is 0 Å². The van der Waals surface area contributed by atoms with Crippen LogP contribution in [-0.4, -0.2) is 11.8 Å². The summed E-state index contributed by atoms with van der Waals surface area (Å²) in [5.74, 6) is -0.392. The summed E-state index contributed by atoms with van der Waals surface area (Å²) in [5, 5.41) is 0. The average Bonchev–Trinajstić information content (AvgIpc) is 2.65. The van der Waals surface area contributed by atoms with Crippen LogP contribution >= 0.6 is 22.6 Å². The van der Waals surface area contributed by atoms with Crippen LogP contribution < -0.4 is 4.90 Å². The molecule has 1 saturated heterocycles. The van der Waals surface area contributed by atoms with Gasteiger partial charge in [-0.2, -0.15) is 0 Å². The van der Waals surface area contributed by atoms with Crippen molar-refractivity contribution < 1.29 is 9.59 Å². The number of fused-ring (bicyclic) bond motifs is 1. The number of nitrogens with zero attached hydrogens (tertiary/aromatic N) is 1. The van der Waals surface area contributed by atoms with Gasteiger partial charge in [-0.25, -0.2) is 0 Å². The van der Waals surface area contributed by atoms with Gasteiger partial charge in [0, 0.05) is 3.57 Å². The van der Waals surface area contributed by atoms with Crippen LogP contribution in [0.2, 0.25) is 0 Å². The predicted molar refractivity (Wildman–Crippen MR) is 86.2 cm³/mol. The second kappa shape index (κ2) is 4.98. The number of amides is 2. The molecule has 0 bridgehead atoms. The van der Waals surface area contributed by atoms with Gasteiger partial charge in [-0.1, -0.05) is 11.1 Å². The molecule has 20 heavy (non-hydrogen) atoms. The fourth-order valence-electron chi connectivity index (χ4n) is 3.10. The van der Waals surface area contributed by atoms with Crippen LogP contribution in [0.1, 0.15) is 26.7 Å². The molecule has 2 atom stereocenters. The number of halogens is 1. The van der Waals surface area contributed by atoms with Gasteiger partial charge in [-0.15, -0.1) is 0 Å². The molecule has 0 N–H and O–H groups in total. The summed E-state index contributed by atoms with van der Waals surface area (Å²) >= 11 is 2.21. The highest BCUT2D eigenvalue weighted by molar-refractivity contribution is 14.1. The molecule has 2 amide bonds. The van der Waals surface area contributed by atoms with Crippen molar-refractivity contribution in [3.63, 3.8) is 0 Å². The third kappa shape index (κ3) is 2.10. The Morgan fingerprint density at radius 2 is 1.40 bits per heavy atom. The number of benzene rings is 1. The lowest BCUT2D eigenvalue weighted by Gasteiger charge is -2.23. The molecule has 0 aromatic heterocycles. The van der Waals surface area contributed by atoms with Crippen molar-refractivity contribution in [2.24, 2.45) is 11.8 Å². The molecule has 0 spiro atoms. The molecule has 3 rings (SSSR count). The van der Waals surface area contributed by atoms with E-state index in [9.17, 15) is 9.59 Å². The van der Waals surface area contributed by atoms with Crippen molar-refractivity contribution >= 4 is 40.1 Å². The first kappa shape index (κ1) is 13.8. The number of carbonyl (C=O) groups excluding carboxylic acids is 2. The summed E-state index contributed by atoms with van der Waals surface area (Å²) < 4.78 is 1.09. The molecule has 1 aromatic carbocycles. The maximum atomic E-state index is 12.6. The molecule has 0 radical (unpaired) electrons. The Hall–Kier alpha value is -1.17. The predicted octanol–water partition coefficient (Wildman–Crippen LogP) is 3.53. The SMILES string of the molecule is CC1=C(C)C[C@@H]2C(=O)N(c3ccc(I)cc3)C(=O)[C@H]2C1. The van der Waals surface area contributed by atoms with Gasteiger partial charge in [0.1, 0.15) is 0 Å². The molecule has 2 aliphatic rings. The van der Waals surface area contributed by atoms with Crippen LogP contribution in [-0.2, 0) is 9.59 Å². The van der Waals surface area contributed by atoms with Crippen molar-refractivity contribution in [2.75, 3.05) is 4.90 Å². The molecule has 0 unspecified atom stereocenters. The quantitative estimate of drug-likeness (QED) is 0.424. The number of anilines is 1. The number of carbonyl (C=O) groups is 2. The van der Waals surface area contributed by atoms with Gasteiger partial charge in [0.05, 0.1) is 17.5 Å². The van der Waals surface area contributed by atoms with E-state index in [1.807, 2.05) is 24.3 Å². The van der Waals surface area contributed by atoms with Crippen LogP contribution in [0.25, 0.3) is 0 Å². The summed E-state index contributed by atoms with van der Waals surface area (Å²) in [6, 6.07) is 7.55. The van der Waals surface area contributed by atoms with Crippen molar-refractivity contribution in [2.45, 2.75) is 26.7 Å². The first-order chi connectivity index (χ1) is 9.49. The summed E-state index contributed by atoms with van der Waals surface area (Å²) in [5.41, 5.74) is 3.22. The molecule has 1 aliphatic carbocycles. The van der Waals surface area contributed by atoms with E-state index in [1.165, 1.54) is 16.0 Å². The van der Waals surface area contributed by atoms with E-state index in [-0.39, 0.29) is 23.7 Å². The summed E-state index contributed by atoms with van der Waals surface area (Å²) in [6.45, 7) is 4.13. The van der Waals surface area contributed by atoms with E-state index in [2.05, 4.69) is 36.4 Å². The zero-order valence-electron chi connectivity index (χ0n) is 11.5. The zero-order valence-corrected chi connectivity index (χ0v) is 13.7. The molecular weight excluding hydrogens is 365 g/mol. The van der Waals surface area contributed by atoms with E-state index < -0.39 is 0 Å². The number of hydrogen-bond donors (Lipinski definition) is 0. The van der Waals surface area contributed by atoms with Crippen LogP contribution in [0.3, 0.4) is 0 Å². The maximum Gasteiger partial charge on any atom is 0.238 e. The van der Waals surface area contributed by atoms with Gasteiger partial charge in [-0.3, -0.25) is 14.5 Å². The number of rotatable bonds is 1. The Balaban J connectivity index is 1.95. The molecular formula is C16H16INO2. The van der Waals surface area contributed by atoms with Gasteiger partial charge < -0.3 is 0 Å². The minimum absolute atomic E-state index is 0.0342. The average molecular weight is 381 g/mol. The van der Waals surface area contributed by atoms with Crippen molar-refractivity contribution in [1.82, 2.24) is 0 Å². The van der Waals surface area contributed by atoms with Crippen molar-refractivity contribution in [3.8, 4) is 0 Å². The Morgan fingerprint density at radius 1 is 0.950 bits per heavy atom. The minimum atomic E-state index is -0.162. The van der Waals surface area contributed by atoms with E-state index in [1.54, 1.807) is 0 Å². The monoisotopic (exact) mass is 381 g/mol. The second-order valence-corrected chi connectivity index (χ2v) is 6.92. The van der Waals surface area contributed by atoms with Gasteiger partial charge in [0.25, 0.3) is 0 Å². The maximum absolute atomic E-state index is 12.6. The van der Waals surface area contributed by atoms with Gasteiger partial charge in [-0.05, 0) is 73.5 Å². The lowest BCUT2D eigenvalue weighted by atomic mass is 9.78. The van der Waals surface area contributed by atoms with E-state index >= 15 is 0 Å². The topological polar surface area (TPSA) is 37.4 Å². The molecule has 3 nitrogen and oxygen atoms in total. The zero-order chi connectivity index (χ0) is 14.4. The first-order valence-electron chi connectivity index (χ1n) is 6.77. The van der Waals surface area contributed by atoms with E-state index in [4.69, 9.17) is 0 Å². The molecule has 1 heterocycles. The first-order valence-corrected chi connectivity index (χ1v) is 7.85. The van der Waals surface area contributed by atoms with E-state index in [0.29, 0.717) is 5.69 Å². The van der Waals surface area contributed by atoms with Gasteiger partial charge in [0.15, 0.2) is 0 Å². The lowest BCUT2D eigenvalue weighted by molar-refractivity contribution is -0.122. The summed E-state index contributed by atoms with van der Waals surface area (Å²) in [7, 11) is 0. The standard InChI is InChI=1S/C16H16INO2/c1-9-7-13-14(8-10(9)2)16(20)18(15(13)19)12-5-3-11(17)4-6-12/h3-6,13-14H,7-8H2,1-2H3/t13-,14-/m0/s1. The molecule has 1 aliphatic heterocycles. The third-order valence-corrected chi connectivity index (χ3v) is 5.15. The van der Waals surface area contributed by atoms with Gasteiger partial charge in [0.2, 0.25) is 11.8 Å². The third-order valence-electron chi connectivity index (χ3n) is 4.43. The molecule has 4 heteroatoms. The summed E-state index contributed by atoms with van der Waals surface area (Å²) in [4.78, 5) is 26.5. The highest BCUT2D eigenvalue weighted by Gasteiger charge is 2.49. The highest BCUT2D eigenvalue weighted by atomic mass is 127. The Bertz CT molecular complexity index is 586. The van der Waals surface area contributed by atoms with Crippen LogP contribution in [0.5, 0.6) is 0 Å². The minimum Gasteiger partial charge on any atom is -0.274 e. The number of hydrogen-bond acceptors (Lipinski definition) is 2. The Kier molecular flexibility index (Phi) is 3.44. The molecule has 104 valence electrons. The highest BCUT2D eigenvalue weighted by Crippen LogP contribution is 2.42. The van der Waals surface area contributed by atoms with Crippen molar-refractivity contribution in [3.05, 3.63) is 39.0 Å². The van der Waals surface area contributed by atoms with Crippen molar-refractivity contribution in [1.29, 1.82) is 0 Å². The molecule has 0 saturated carbocycles. The Labute approximate surface area is 132 Å². The smallest absolute Gasteiger partial charge is 0.238 e. The normalized spacial score (nSPS) is 26.2. The Morgan fingerprint density at radius 3 is 1.85 bits per heavy atom. The van der Waals surface area contributed by atoms with Crippen LogP contribution in [0.15, 0.2) is 35.4 Å². The fraction of sp³-hybridized carbons (Fsp3) is 0.375. The molecule has 1 aromatic rings.